The molecule has 0 spiro atoms. The average molecular weight is 278 g/mol. The van der Waals surface area contributed by atoms with Gasteiger partial charge in [-0.15, -0.1) is 0 Å². The Morgan fingerprint density at radius 2 is 2.21 bits per heavy atom. The van der Waals surface area contributed by atoms with Crippen molar-refractivity contribution in [1.82, 2.24) is 0 Å². The highest BCUT2D eigenvalue weighted by Crippen LogP contribution is 2.30. The summed E-state index contributed by atoms with van der Waals surface area (Å²) in [7, 11) is 1.53. The maximum atomic E-state index is 11.6. The standard InChI is InChI=1S/C10H10BrClO2/c1-6-3-4-7(12)9(8(13)5-11)10(6)14-2/h3-4H,5H2,1-2H3. The van der Waals surface area contributed by atoms with Crippen LogP contribution < -0.4 is 4.74 Å². The number of carbonyl (C=O) groups is 1. The molecule has 76 valence electrons. The van der Waals surface area contributed by atoms with E-state index in [-0.39, 0.29) is 11.1 Å². The van der Waals surface area contributed by atoms with Gasteiger partial charge in [0, 0.05) is 0 Å². The van der Waals surface area contributed by atoms with Crippen molar-refractivity contribution < 1.29 is 9.53 Å². The fourth-order valence-electron chi connectivity index (χ4n) is 1.25. The third-order valence-electron chi connectivity index (χ3n) is 1.91. The monoisotopic (exact) mass is 276 g/mol. The third kappa shape index (κ3) is 2.10. The van der Waals surface area contributed by atoms with Crippen molar-refractivity contribution in [2.24, 2.45) is 0 Å². The van der Waals surface area contributed by atoms with Crippen molar-refractivity contribution >= 4 is 33.3 Å². The van der Waals surface area contributed by atoms with E-state index in [1.807, 2.05) is 13.0 Å². The number of methoxy groups -OCH3 is 1. The van der Waals surface area contributed by atoms with Gasteiger partial charge in [0.2, 0.25) is 0 Å². The molecule has 0 aliphatic heterocycles. The topological polar surface area (TPSA) is 26.3 Å². The van der Waals surface area contributed by atoms with Gasteiger partial charge in [0.25, 0.3) is 0 Å². The molecule has 14 heavy (non-hydrogen) atoms. The SMILES string of the molecule is COc1c(C)ccc(Cl)c1C(=O)CBr. The largest absolute Gasteiger partial charge is 0.496 e. The van der Waals surface area contributed by atoms with Gasteiger partial charge in [-0.1, -0.05) is 33.6 Å². The Hall–Kier alpha value is -0.540. The molecular formula is C10H10BrClO2. The Morgan fingerprint density at radius 3 is 2.71 bits per heavy atom. The number of halogens is 2. The highest BCUT2D eigenvalue weighted by molar-refractivity contribution is 9.09. The molecule has 0 bridgehead atoms. The molecule has 0 atom stereocenters. The summed E-state index contributed by atoms with van der Waals surface area (Å²) in [6.45, 7) is 1.88. The van der Waals surface area contributed by atoms with E-state index in [0.717, 1.165) is 5.56 Å². The van der Waals surface area contributed by atoms with Crippen LogP contribution in [0, 0.1) is 6.92 Å². The molecule has 0 saturated heterocycles. The molecule has 0 N–H and O–H groups in total. The van der Waals surface area contributed by atoms with Gasteiger partial charge in [-0.05, 0) is 18.6 Å². The normalized spacial score (nSPS) is 10.0. The van der Waals surface area contributed by atoms with E-state index in [1.165, 1.54) is 7.11 Å². The second kappa shape index (κ2) is 4.80. The summed E-state index contributed by atoms with van der Waals surface area (Å²) < 4.78 is 5.15. The predicted molar refractivity (Wildman–Crippen MR) is 60.9 cm³/mol. The highest BCUT2D eigenvalue weighted by Gasteiger charge is 2.16. The summed E-state index contributed by atoms with van der Waals surface area (Å²) in [6, 6.07) is 3.53. The van der Waals surface area contributed by atoms with Gasteiger partial charge in [0.1, 0.15) is 5.75 Å². The van der Waals surface area contributed by atoms with Crippen LogP contribution in [0.2, 0.25) is 5.02 Å². The second-order valence-electron chi connectivity index (χ2n) is 2.83. The lowest BCUT2D eigenvalue weighted by Crippen LogP contribution is -2.05. The molecule has 0 heterocycles. The smallest absolute Gasteiger partial charge is 0.178 e. The van der Waals surface area contributed by atoms with Crippen LogP contribution in [0.1, 0.15) is 15.9 Å². The number of ether oxygens (including phenoxy) is 1. The van der Waals surface area contributed by atoms with Gasteiger partial charge in [0.05, 0.1) is 23.0 Å². The summed E-state index contributed by atoms with van der Waals surface area (Å²) in [5.41, 5.74) is 1.35. The maximum Gasteiger partial charge on any atom is 0.178 e. The summed E-state index contributed by atoms with van der Waals surface area (Å²) in [5.74, 6) is 0.484. The lowest BCUT2D eigenvalue weighted by atomic mass is 10.1. The molecule has 0 radical (unpaired) electrons. The average Bonchev–Trinajstić information content (AvgIpc) is 2.19. The minimum Gasteiger partial charge on any atom is -0.496 e. The molecule has 0 saturated carbocycles. The number of ketones is 1. The van der Waals surface area contributed by atoms with Gasteiger partial charge in [-0.25, -0.2) is 0 Å². The number of benzene rings is 1. The van der Waals surface area contributed by atoms with Crippen LogP contribution >= 0.6 is 27.5 Å². The van der Waals surface area contributed by atoms with Crippen LogP contribution in [0.3, 0.4) is 0 Å². The summed E-state index contributed by atoms with van der Waals surface area (Å²) in [4.78, 5) is 11.6. The minimum atomic E-state index is -0.0736. The molecule has 0 fully saturated rings. The Morgan fingerprint density at radius 1 is 1.57 bits per heavy atom. The molecule has 0 amide bonds. The zero-order chi connectivity index (χ0) is 10.7. The van der Waals surface area contributed by atoms with Crippen molar-refractivity contribution in [3.8, 4) is 5.75 Å². The number of carbonyl (C=O) groups excluding carboxylic acids is 1. The molecular weight excluding hydrogens is 267 g/mol. The van der Waals surface area contributed by atoms with Crippen LogP contribution in [0.4, 0.5) is 0 Å². The molecule has 4 heteroatoms. The molecule has 0 aliphatic rings. The second-order valence-corrected chi connectivity index (χ2v) is 3.80. The fraction of sp³-hybridized carbons (Fsp3) is 0.300. The number of alkyl halides is 1. The highest BCUT2D eigenvalue weighted by atomic mass is 79.9. The van der Waals surface area contributed by atoms with Crippen molar-refractivity contribution in [3.05, 3.63) is 28.3 Å². The summed E-state index contributed by atoms with van der Waals surface area (Å²) >= 11 is 9.04. The number of hydrogen-bond donors (Lipinski definition) is 0. The first-order valence-corrected chi connectivity index (χ1v) is 5.54. The lowest BCUT2D eigenvalue weighted by molar-refractivity contribution is 0.102. The van der Waals surface area contributed by atoms with Crippen molar-refractivity contribution in [2.75, 3.05) is 12.4 Å². The van der Waals surface area contributed by atoms with E-state index < -0.39 is 0 Å². The van der Waals surface area contributed by atoms with Crippen LogP contribution in [0.5, 0.6) is 5.75 Å². The number of hydrogen-bond acceptors (Lipinski definition) is 2. The zero-order valence-electron chi connectivity index (χ0n) is 7.93. The molecule has 1 aromatic carbocycles. The molecule has 0 unspecified atom stereocenters. The molecule has 0 aliphatic carbocycles. The minimum absolute atomic E-state index is 0.0736. The van der Waals surface area contributed by atoms with E-state index in [9.17, 15) is 4.79 Å². The van der Waals surface area contributed by atoms with Gasteiger partial charge >= 0.3 is 0 Å². The van der Waals surface area contributed by atoms with Crippen molar-refractivity contribution in [3.63, 3.8) is 0 Å². The van der Waals surface area contributed by atoms with Crippen molar-refractivity contribution in [1.29, 1.82) is 0 Å². The Balaban J connectivity index is 3.37. The van der Waals surface area contributed by atoms with E-state index in [4.69, 9.17) is 16.3 Å². The zero-order valence-corrected chi connectivity index (χ0v) is 10.3. The van der Waals surface area contributed by atoms with Crippen LogP contribution in [0.15, 0.2) is 12.1 Å². The fourth-order valence-corrected chi connectivity index (χ4v) is 1.79. The van der Waals surface area contributed by atoms with E-state index >= 15 is 0 Å². The first-order valence-electron chi connectivity index (χ1n) is 4.04. The Bertz CT molecular complexity index is 363. The van der Waals surface area contributed by atoms with Gasteiger partial charge in [0.15, 0.2) is 5.78 Å². The first-order chi connectivity index (χ1) is 6.61. The summed E-state index contributed by atoms with van der Waals surface area (Å²) in [6.07, 6.45) is 0. The predicted octanol–water partition coefficient (Wildman–Crippen LogP) is 3.23. The first kappa shape index (κ1) is 11.5. The van der Waals surface area contributed by atoms with Gasteiger partial charge in [-0.2, -0.15) is 0 Å². The van der Waals surface area contributed by atoms with E-state index in [1.54, 1.807) is 6.07 Å². The van der Waals surface area contributed by atoms with Gasteiger partial charge in [-0.3, -0.25) is 4.79 Å². The number of aryl methyl sites for hydroxylation is 1. The summed E-state index contributed by atoms with van der Waals surface area (Å²) in [5, 5.41) is 0.670. The van der Waals surface area contributed by atoms with Gasteiger partial charge < -0.3 is 4.74 Å². The third-order valence-corrected chi connectivity index (χ3v) is 2.73. The molecule has 0 aromatic heterocycles. The Kier molecular flexibility index (Phi) is 3.96. The number of rotatable bonds is 3. The van der Waals surface area contributed by atoms with Crippen LogP contribution in [-0.4, -0.2) is 18.2 Å². The molecule has 1 rings (SSSR count). The van der Waals surface area contributed by atoms with Crippen molar-refractivity contribution in [2.45, 2.75) is 6.92 Å². The van der Waals surface area contributed by atoms with Crippen LogP contribution in [0.25, 0.3) is 0 Å². The quantitative estimate of drug-likeness (QED) is 0.626. The maximum absolute atomic E-state index is 11.6. The number of Topliss-reactive ketones (excluding diaryl/α,β-unsaturated/α-hetero) is 1. The van der Waals surface area contributed by atoms with Crippen LogP contribution in [-0.2, 0) is 0 Å². The molecule has 2 nitrogen and oxygen atoms in total. The lowest BCUT2D eigenvalue weighted by Gasteiger charge is -2.10. The van der Waals surface area contributed by atoms with E-state index in [2.05, 4.69) is 15.9 Å². The van der Waals surface area contributed by atoms with E-state index in [0.29, 0.717) is 16.3 Å². The molecule has 1 aromatic rings. The Labute approximate surface area is 96.3 Å².